The lowest BCUT2D eigenvalue weighted by atomic mass is 9.92. The van der Waals surface area contributed by atoms with Crippen molar-refractivity contribution in [3.63, 3.8) is 0 Å². The zero-order valence-corrected chi connectivity index (χ0v) is 14.2. The normalized spacial score (nSPS) is 12.2. The molecule has 8 heteroatoms. The number of carbonyl (C=O) groups is 1. The van der Waals surface area contributed by atoms with E-state index in [2.05, 4.69) is 10.5 Å². The Morgan fingerprint density at radius 2 is 1.96 bits per heavy atom. The maximum atomic E-state index is 12.6. The molecule has 0 saturated heterocycles. The third kappa shape index (κ3) is 5.02. The SMILES string of the molecule is CC(C)(C)c1cc(NC(=O)CSc2cccc(C(F)(F)F)c2)on1. The van der Waals surface area contributed by atoms with Crippen LogP contribution in [-0.4, -0.2) is 16.8 Å². The first-order valence-electron chi connectivity index (χ1n) is 7.13. The van der Waals surface area contributed by atoms with Gasteiger partial charge in [-0.05, 0) is 18.2 Å². The summed E-state index contributed by atoms with van der Waals surface area (Å²) in [6.07, 6.45) is -4.40. The highest BCUT2D eigenvalue weighted by Gasteiger charge is 2.30. The highest BCUT2D eigenvalue weighted by Crippen LogP contribution is 2.32. The number of rotatable bonds is 4. The first-order chi connectivity index (χ1) is 11.1. The molecule has 24 heavy (non-hydrogen) atoms. The van der Waals surface area contributed by atoms with E-state index in [0.717, 1.165) is 23.9 Å². The summed E-state index contributed by atoms with van der Waals surface area (Å²) in [5.74, 6) is -0.198. The van der Waals surface area contributed by atoms with Crippen LogP contribution in [0.1, 0.15) is 32.0 Å². The summed E-state index contributed by atoms with van der Waals surface area (Å²) in [6, 6.07) is 6.48. The lowest BCUT2D eigenvalue weighted by molar-refractivity contribution is -0.137. The molecule has 2 rings (SSSR count). The van der Waals surface area contributed by atoms with Crippen LogP contribution in [0, 0.1) is 0 Å². The Morgan fingerprint density at radius 3 is 2.54 bits per heavy atom. The van der Waals surface area contributed by atoms with Gasteiger partial charge in [-0.15, -0.1) is 11.8 Å². The van der Waals surface area contributed by atoms with Gasteiger partial charge in [-0.3, -0.25) is 10.1 Å². The van der Waals surface area contributed by atoms with Gasteiger partial charge in [-0.2, -0.15) is 13.2 Å². The summed E-state index contributed by atoms with van der Waals surface area (Å²) in [7, 11) is 0. The Morgan fingerprint density at radius 1 is 1.25 bits per heavy atom. The minimum Gasteiger partial charge on any atom is -0.338 e. The fourth-order valence-electron chi connectivity index (χ4n) is 1.77. The minimum atomic E-state index is -4.40. The third-order valence-corrected chi connectivity index (χ3v) is 4.07. The van der Waals surface area contributed by atoms with Gasteiger partial charge in [-0.1, -0.05) is 32.0 Å². The number of nitrogens with one attached hydrogen (secondary N) is 1. The number of hydrogen-bond acceptors (Lipinski definition) is 4. The monoisotopic (exact) mass is 358 g/mol. The van der Waals surface area contributed by atoms with Crippen molar-refractivity contribution in [2.75, 3.05) is 11.1 Å². The van der Waals surface area contributed by atoms with E-state index in [4.69, 9.17) is 4.52 Å². The summed E-state index contributed by atoms with van der Waals surface area (Å²) in [6.45, 7) is 5.87. The molecular weight excluding hydrogens is 341 g/mol. The molecule has 1 amide bonds. The summed E-state index contributed by atoms with van der Waals surface area (Å²) < 4.78 is 43.0. The van der Waals surface area contributed by atoms with Gasteiger partial charge in [0, 0.05) is 16.4 Å². The molecule has 1 aromatic carbocycles. The minimum absolute atomic E-state index is 0.0349. The van der Waals surface area contributed by atoms with Gasteiger partial charge in [0.2, 0.25) is 11.8 Å². The summed E-state index contributed by atoms with van der Waals surface area (Å²) in [4.78, 5) is 12.3. The van der Waals surface area contributed by atoms with E-state index in [0.29, 0.717) is 10.6 Å². The molecule has 130 valence electrons. The molecule has 0 spiro atoms. The Labute approximate surface area is 141 Å². The van der Waals surface area contributed by atoms with Crippen molar-refractivity contribution in [1.82, 2.24) is 5.16 Å². The zero-order chi connectivity index (χ0) is 18.0. The molecule has 0 fully saturated rings. The molecule has 0 unspecified atom stereocenters. The first kappa shape index (κ1) is 18.4. The second-order valence-corrected chi connectivity index (χ2v) is 7.24. The third-order valence-electron chi connectivity index (χ3n) is 3.07. The number of carbonyl (C=O) groups excluding carboxylic acids is 1. The van der Waals surface area contributed by atoms with E-state index in [9.17, 15) is 18.0 Å². The summed E-state index contributed by atoms with van der Waals surface area (Å²) in [5, 5.41) is 6.41. The number of thioether (sulfide) groups is 1. The fourth-order valence-corrected chi connectivity index (χ4v) is 2.53. The molecule has 0 aliphatic heterocycles. The van der Waals surface area contributed by atoms with Crippen molar-refractivity contribution in [3.05, 3.63) is 41.6 Å². The van der Waals surface area contributed by atoms with Gasteiger partial charge in [0.15, 0.2) is 0 Å². The molecule has 0 saturated carbocycles. The van der Waals surface area contributed by atoms with Crippen molar-refractivity contribution in [3.8, 4) is 0 Å². The number of hydrogen-bond donors (Lipinski definition) is 1. The maximum Gasteiger partial charge on any atom is 0.416 e. The topological polar surface area (TPSA) is 55.1 Å². The number of anilines is 1. The van der Waals surface area contributed by atoms with Gasteiger partial charge in [0.1, 0.15) is 0 Å². The molecule has 1 aromatic heterocycles. The Bertz CT molecular complexity index is 721. The number of halogens is 3. The predicted molar refractivity (Wildman–Crippen MR) is 86.0 cm³/mol. The number of alkyl halides is 3. The van der Waals surface area contributed by atoms with E-state index in [1.807, 2.05) is 20.8 Å². The Balaban J connectivity index is 1.93. The van der Waals surface area contributed by atoms with Gasteiger partial charge < -0.3 is 4.52 Å². The molecule has 1 heterocycles. The van der Waals surface area contributed by atoms with E-state index in [1.54, 1.807) is 6.07 Å². The molecule has 0 bridgehead atoms. The average molecular weight is 358 g/mol. The molecular formula is C16H17F3N2O2S. The van der Waals surface area contributed by atoms with Crippen LogP contribution in [0.15, 0.2) is 39.8 Å². The van der Waals surface area contributed by atoms with Crippen molar-refractivity contribution in [1.29, 1.82) is 0 Å². The second kappa shape index (κ2) is 6.88. The lowest BCUT2D eigenvalue weighted by Crippen LogP contribution is -2.14. The summed E-state index contributed by atoms with van der Waals surface area (Å²) >= 11 is 1.02. The van der Waals surface area contributed by atoms with E-state index >= 15 is 0 Å². The van der Waals surface area contributed by atoms with Crippen LogP contribution in [0.4, 0.5) is 19.1 Å². The van der Waals surface area contributed by atoms with Gasteiger partial charge in [0.05, 0.1) is 17.0 Å². The number of benzene rings is 1. The first-order valence-corrected chi connectivity index (χ1v) is 8.11. The molecule has 2 aromatic rings. The van der Waals surface area contributed by atoms with Crippen molar-refractivity contribution in [2.24, 2.45) is 0 Å². The number of nitrogens with zero attached hydrogens (tertiary/aromatic N) is 1. The molecule has 0 aliphatic carbocycles. The fraction of sp³-hybridized carbons (Fsp3) is 0.375. The number of aromatic nitrogens is 1. The molecule has 0 radical (unpaired) electrons. The smallest absolute Gasteiger partial charge is 0.338 e. The van der Waals surface area contributed by atoms with Crippen molar-refractivity contribution >= 4 is 23.6 Å². The average Bonchev–Trinajstić information content (AvgIpc) is 2.93. The van der Waals surface area contributed by atoms with E-state index < -0.39 is 11.7 Å². The van der Waals surface area contributed by atoms with Gasteiger partial charge in [0.25, 0.3) is 0 Å². The predicted octanol–water partition coefficient (Wildman–Crippen LogP) is 4.72. The Kier molecular flexibility index (Phi) is 5.27. The van der Waals surface area contributed by atoms with Crippen LogP contribution < -0.4 is 5.32 Å². The van der Waals surface area contributed by atoms with Crippen LogP contribution in [0.3, 0.4) is 0 Å². The van der Waals surface area contributed by atoms with Crippen LogP contribution in [0.25, 0.3) is 0 Å². The van der Waals surface area contributed by atoms with E-state index in [-0.39, 0.29) is 23.0 Å². The van der Waals surface area contributed by atoms with E-state index in [1.165, 1.54) is 12.1 Å². The van der Waals surface area contributed by atoms with Crippen molar-refractivity contribution < 1.29 is 22.5 Å². The second-order valence-electron chi connectivity index (χ2n) is 6.19. The highest BCUT2D eigenvalue weighted by atomic mass is 32.2. The van der Waals surface area contributed by atoms with Gasteiger partial charge in [-0.25, -0.2) is 0 Å². The summed E-state index contributed by atoms with van der Waals surface area (Å²) in [5.41, 5.74) is -0.250. The molecule has 0 aliphatic rings. The van der Waals surface area contributed by atoms with Gasteiger partial charge >= 0.3 is 6.18 Å². The quantitative estimate of drug-likeness (QED) is 0.804. The standard InChI is InChI=1S/C16H17F3N2O2S/c1-15(2,3)12-8-14(23-21-12)20-13(22)9-24-11-6-4-5-10(7-11)16(17,18)19/h4-8H,9H2,1-3H3,(H,20,22). The van der Waals surface area contributed by atoms with Crippen LogP contribution in [-0.2, 0) is 16.4 Å². The largest absolute Gasteiger partial charge is 0.416 e. The molecule has 0 atom stereocenters. The Hall–Kier alpha value is -1.96. The highest BCUT2D eigenvalue weighted by molar-refractivity contribution is 8.00. The zero-order valence-electron chi connectivity index (χ0n) is 13.4. The van der Waals surface area contributed by atoms with Crippen LogP contribution in [0.2, 0.25) is 0 Å². The van der Waals surface area contributed by atoms with Crippen LogP contribution in [0.5, 0.6) is 0 Å². The lowest BCUT2D eigenvalue weighted by Gasteiger charge is -2.12. The van der Waals surface area contributed by atoms with Crippen LogP contribution >= 0.6 is 11.8 Å². The maximum absolute atomic E-state index is 12.6. The molecule has 1 N–H and O–H groups in total. The molecule has 4 nitrogen and oxygen atoms in total. The van der Waals surface area contributed by atoms with Crippen molar-refractivity contribution in [2.45, 2.75) is 37.3 Å². The number of amides is 1.